The molecule has 0 bridgehead atoms. The summed E-state index contributed by atoms with van der Waals surface area (Å²) in [5.41, 5.74) is 0. The molecule has 1 saturated heterocycles. The molecule has 0 aromatic carbocycles. The standard InChI is InChI=1S/C9H20N2O3S/c1-10-2-6-14-7-3-11-4-8-15(12,13)9-5-11/h10H,2-9H2,1H3. The molecule has 90 valence electrons. The molecule has 0 spiro atoms. The van der Waals surface area contributed by atoms with E-state index in [4.69, 9.17) is 4.74 Å². The van der Waals surface area contributed by atoms with Crippen LogP contribution in [0.5, 0.6) is 0 Å². The summed E-state index contributed by atoms with van der Waals surface area (Å²) in [6.45, 7) is 4.38. The molecular weight excluding hydrogens is 216 g/mol. The molecule has 1 rings (SSSR count). The van der Waals surface area contributed by atoms with Gasteiger partial charge in [-0.05, 0) is 7.05 Å². The number of nitrogens with zero attached hydrogens (tertiary/aromatic N) is 1. The normalized spacial score (nSPS) is 21.7. The third kappa shape index (κ3) is 5.46. The fourth-order valence-corrected chi connectivity index (χ4v) is 2.72. The molecule has 1 aliphatic heterocycles. The van der Waals surface area contributed by atoms with Crippen molar-refractivity contribution in [1.29, 1.82) is 0 Å². The lowest BCUT2D eigenvalue weighted by Gasteiger charge is -2.26. The van der Waals surface area contributed by atoms with Gasteiger partial charge in [0.1, 0.15) is 0 Å². The van der Waals surface area contributed by atoms with Gasteiger partial charge >= 0.3 is 0 Å². The highest BCUT2D eigenvalue weighted by Crippen LogP contribution is 2.02. The van der Waals surface area contributed by atoms with Gasteiger partial charge in [-0.2, -0.15) is 0 Å². The first-order chi connectivity index (χ1) is 7.14. The molecule has 0 unspecified atom stereocenters. The number of hydrogen-bond donors (Lipinski definition) is 1. The second-order valence-electron chi connectivity index (χ2n) is 3.71. The van der Waals surface area contributed by atoms with E-state index in [0.717, 1.165) is 13.1 Å². The van der Waals surface area contributed by atoms with E-state index in [9.17, 15) is 8.42 Å². The lowest BCUT2D eigenvalue weighted by Crippen LogP contribution is -2.41. The Morgan fingerprint density at radius 2 is 1.93 bits per heavy atom. The van der Waals surface area contributed by atoms with Gasteiger partial charge in [0.25, 0.3) is 0 Å². The summed E-state index contributed by atoms with van der Waals surface area (Å²) in [5.74, 6) is 0.590. The zero-order chi connectivity index (χ0) is 11.1. The van der Waals surface area contributed by atoms with Crippen molar-refractivity contribution in [3.05, 3.63) is 0 Å². The smallest absolute Gasteiger partial charge is 0.152 e. The van der Waals surface area contributed by atoms with E-state index in [1.165, 1.54) is 0 Å². The van der Waals surface area contributed by atoms with E-state index < -0.39 is 9.84 Å². The Hall–Kier alpha value is -0.170. The lowest BCUT2D eigenvalue weighted by atomic mass is 10.5. The predicted octanol–water partition coefficient (Wildman–Crippen LogP) is -1.05. The summed E-state index contributed by atoms with van der Waals surface area (Å²) in [6, 6.07) is 0. The second kappa shape index (κ2) is 6.42. The van der Waals surface area contributed by atoms with Gasteiger partial charge in [-0.1, -0.05) is 0 Å². The molecule has 1 N–H and O–H groups in total. The van der Waals surface area contributed by atoms with Crippen molar-refractivity contribution < 1.29 is 13.2 Å². The molecule has 15 heavy (non-hydrogen) atoms. The van der Waals surface area contributed by atoms with Crippen molar-refractivity contribution >= 4 is 9.84 Å². The fourth-order valence-electron chi connectivity index (χ4n) is 1.44. The highest BCUT2D eigenvalue weighted by molar-refractivity contribution is 7.91. The summed E-state index contributed by atoms with van der Waals surface area (Å²) >= 11 is 0. The molecule has 1 aliphatic rings. The van der Waals surface area contributed by atoms with Gasteiger partial charge < -0.3 is 10.1 Å². The van der Waals surface area contributed by atoms with Crippen LogP contribution >= 0.6 is 0 Å². The maximum Gasteiger partial charge on any atom is 0.152 e. The number of nitrogens with one attached hydrogen (secondary N) is 1. The molecule has 0 radical (unpaired) electrons. The van der Waals surface area contributed by atoms with Gasteiger partial charge in [0.15, 0.2) is 9.84 Å². The lowest BCUT2D eigenvalue weighted by molar-refractivity contribution is 0.109. The van der Waals surface area contributed by atoms with Gasteiger partial charge in [0, 0.05) is 26.2 Å². The number of likely N-dealkylation sites (N-methyl/N-ethyl adjacent to an activating group) is 1. The summed E-state index contributed by atoms with van der Waals surface area (Å²) in [7, 11) is -0.860. The first-order valence-corrected chi connectivity index (χ1v) is 7.11. The second-order valence-corrected chi connectivity index (χ2v) is 6.01. The van der Waals surface area contributed by atoms with E-state index in [-0.39, 0.29) is 0 Å². The molecule has 0 amide bonds. The molecule has 0 aliphatic carbocycles. The zero-order valence-electron chi connectivity index (χ0n) is 9.24. The Bertz CT molecular complexity index is 253. The van der Waals surface area contributed by atoms with Crippen LogP contribution in [0.1, 0.15) is 0 Å². The molecule has 1 heterocycles. The highest BCUT2D eigenvalue weighted by atomic mass is 32.2. The summed E-state index contributed by atoms with van der Waals surface area (Å²) < 4.78 is 27.7. The topological polar surface area (TPSA) is 58.6 Å². The van der Waals surface area contributed by atoms with Crippen LogP contribution in [0.4, 0.5) is 0 Å². The highest BCUT2D eigenvalue weighted by Gasteiger charge is 2.20. The van der Waals surface area contributed by atoms with Crippen molar-refractivity contribution in [3.63, 3.8) is 0 Å². The van der Waals surface area contributed by atoms with E-state index >= 15 is 0 Å². The van der Waals surface area contributed by atoms with Gasteiger partial charge in [-0.25, -0.2) is 8.42 Å². The molecule has 0 saturated carbocycles. The summed E-state index contributed by atoms with van der Waals surface area (Å²) in [5, 5.41) is 3.00. The molecular formula is C9H20N2O3S. The number of ether oxygens (including phenoxy) is 1. The minimum atomic E-state index is -2.75. The Morgan fingerprint density at radius 1 is 1.27 bits per heavy atom. The SMILES string of the molecule is CNCCOCCN1CCS(=O)(=O)CC1. The first kappa shape index (κ1) is 12.9. The zero-order valence-corrected chi connectivity index (χ0v) is 10.1. The van der Waals surface area contributed by atoms with Crippen LogP contribution in [0.3, 0.4) is 0 Å². The average molecular weight is 236 g/mol. The first-order valence-electron chi connectivity index (χ1n) is 5.29. The molecule has 6 heteroatoms. The Labute approximate surface area is 91.7 Å². The van der Waals surface area contributed by atoms with E-state index in [1.807, 2.05) is 7.05 Å². The van der Waals surface area contributed by atoms with E-state index in [0.29, 0.717) is 37.8 Å². The van der Waals surface area contributed by atoms with E-state index in [1.54, 1.807) is 0 Å². The maximum absolute atomic E-state index is 11.1. The Kier molecular flexibility index (Phi) is 5.52. The largest absolute Gasteiger partial charge is 0.379 e. The van der Waals surface area contributed by atoms with Gasteiger partial charge in [0.05, 0.1) is 24.7 Å². The van der Waals surface area contributed by atoms with Gasteiger partial charge in [-0.3, -0.25) is 4.90 Å². The fraction of sp³-hybridized carbons (Fsp3) is 1.00. The monoisotopic (exact) mass is 236 g/mol. The van der Waals surface area contributed by atoms with Crippen LogP contribution in [0, 0.1) is 0 Å². The molecule has 1 fully saturated rings. The molecule has 5 nitrogen and oxygen atoms in total. The number of sulfone groups is 1. The van der Waals surface area contributed by atoms with Crippen molar-refractivity contribution in [2.45, 2.75) is 0 Å². The van der Waals surface area contributed by atoms with Gasteiger partial charge in [0.2, 0.25) is 0 Å². The van der Waals surface area contributed by atoms with Crippen LogP contribution in [-0.2, 0) is 14.6 Å². The van der Waals surface area contributed by atoms with Crippen LogP contribution in [0.25, 0.3) is 0 Å². The van der Waals surface area contributed by atoms with Crippen molar-refractivity contribution in [1.82, 2.24) is 10.2 Å². The number of hydrogen-bond acceptors (Lipinski definition) is 5. The third-order valence-corrected chi connectivity index (χ3v) is 4.09. The molecule has 0 aromatic heterocycles. The van der Waals surface area contributed by atoms with Crippen molar-refractivity contribution in [2.75, 3.05) is 57.9 Å². The van der Waals surface area contributed by atoms with Crippen LogP contribution in [-0.4, -0.2) is 71.3 Å². The molecule has 0 aromatic rings. The predicted molar refractivity (Wildman–Crippen MR) is 59.8 cm³/mol. The maximum atomic E-state index is 11.1. The summed E-state index contributed by atoms with van der Waals surface area (Å²) in [6.07, 6.45) is 0. The minimum absolute atomic E-state index is 0.295. The van der Waals surface area contributed by atoms with Crippen molar-refractivity contribution in [3.8, 4) is 0 Å². The van der Waals surface area contributed by atoms with Crippen LogP contribution in [0.15, 0.2) is 0 Å². The average Bonchev–Trinajstić information content (AvgIpc) is 2.20. The molecule has 0 atom stereocenters. The quantitative estimate of drug-likeness (QED) is 0.597. The third-order valence-electron chi connectivity index (χ3n) is 2.49. The number of rotatable bonds is 6. The van der Waals surface area contributed by atoms with Gasteiger partial charge in [-0.15, -0.1) is 0 Å². The Morgan fingerprint density at radius 3 is 2.53 bits per heavy atom. The Balaban J connectivity index is 2.04. The van der Waals surface area contributed by atoms with Crippen molar-refractivity contribution in [2.24, 2.45) is 0 Å². The van der Waals surface area contributed by atoms with E-state index in [2.05, 4.69) is 10.2 Å². The van der Waals surface area contributed by atoms with Crippen LogP contribution < -0.4 is 5.32 Å². The minimum Gasteiger partial charge on any atom is -0.379 e. The summed E-state index contributed by atoms with van der Waals surface area (Å²) in [4.78, 5) is 2.14. The van der Waals surface area contributed by atoms with Crippen LogP contribution in [0.2, 0.25) is 0 Å².